The third-order valence-electron chi connectivity index (χ3n) is 5.06. The number of pyridine rings is 1. The Morgan fingerprint density at radius 2 is 2.03 bits per heavy atom. The first-order chi connectivity index (χ1) is 16.0. The van der Waals surface area contributed by atoms with E-state index in [-0.39, 0.29) is 11.8 Å². The molecule has 3 rings (SSSR count). The lowest BCUT2D eigenvalue weighted by Gasteiger charge is -2.17. The van der Waals surface area contributed by atoms with E-state index in [0.717, 1.165) is 42.6 Å². The number of rotatable bonds is 12. The summed E-state index contributed by atoms with van der Waals surface area (Å²) in [5, 5.41) is 10.1. The number of nitrogens with zero attached hydrogens (tertiary/aromatic N) is 3. The second-order valence-corrected chi connectivity index (χ2v) is 7.68. The maximum Gasteiger partial charge on any atom is 0.321 e. The molecule has 8 nitrogen and oxygen atoms in total. The Labute approximate surface area is 193 Å². The zero-order chi connectivity index (χ0) is 23.5. The molecule has 2 amide bonds. The first-order valence-corrected chi connectivity index (χ1v) is 11.0. The molecule has 3 aromatic rings. The highest BCUT2D eigenvalue weighted by Crippen LogP contribution is 2.19. The van der Waals surface area contributed by atoms with E-state index in [1.807, 2.05) is 12.1 Å². The number of nitrogens with one attached hydrogen (secondary N) is 2. The standard InChI is InChI=1S/C24H30FN5O3/c1-30(24(31)27-21-10-11-23(26-17-21)33-14-13-32-2)12-5-3-4-9-20-16-22(29-28-20)18-7-6-8-19(25)15-18/h6-8,10-11,15-17H,3-5,9,12-14H2,1-2H3,(H,27,31)(H,28,29). The summed E-state index contributed by atoms with van der Waals surface area (Å²) >= 11 is 0. The third-order valence-corrected chi connectivity index (χ3v) is 5.06. The van der Waals surface area contributed by atoms with Crippen LogP contribution in [0.2, 0.25) is 0 Å². The molecule has 1 aromatic carbocycles. The molecule has 0 fully saturated rings. The van der Waals surface area contributed by atoms with Gasteiger partial charge in [0, 0.05) is 38.0 Å². The van der Waals surface area contributed by atoms with Crippen LogP contribution in [0.5, 0.6) is 5.88 Å². The molecule has 0 radical (unpaired) electrons. The first kappa shape index (κ1) is 24.2. The van der Waals surface area contributed by atoms with Crippen LogP contribution >= 0.6 is 0 Å². The zero-order valence-corrected chi connectivity index (χ0v) is 19.0. The van der Waals surface area contributed by atoms with Crippen LogP contribution in [0.15, 0.2) is 48.7 Å². The predicted molar refractivity (Wildman–Crippen MR) is 125 cm³/mol. The van der Waals surface area contributed by atoms with Crippen molar-refractivity contribution in [3.8, 4) is 17.1 Å². The number of halogens is 1. The number of aryl methyl sites for hydroxylation is 1. The van der Waals surface area contributed by atoms with Gasteiger partial charge in [0.1, 0.15) is 12.4 Å². The second kappa shape index (κ2) is 12.5. The molecule has 0 spiro atoms. The van der Waals surface area contributed by atoms with Gasteiger partial charge in [-0.1, -0.05) is 18.6 Å². The van der Waals surface area contributed by atoms with Gasteiger partial charge >= 0.3 is 6.03 Å². The van der Waals surface area contributed by atoms with Crippen molar-refractivity contribution in [1.82, 2.24) is 20.1 Å². The van der Waals surface area contributed by atoms with Gasteiger partial charge in [-0.3, -0.25) is 5.10 Å². The summed E-state index contributed by atoms with van der Waals surface area (Å²) in [5.41, 5.74) is 3.13. The van der Waals surface area contributed by atoms with Gasteiger partial charge in [0.15, 0.2) is 0 Å². The number of carbonyl (C=O) groups excluding carboxylic acids is 1. The van der Waals surface area contributed by atoms with Gasteiger partial charge in [-0.05, 0) is 43.5 Å². The Kier molecular flexibility index (Phi) is 9.19. The number of benzene rings is 1. The summed E-state index contributed by atoms with van der Waals surface area (Å²) < 4.78 is 23.7. The Morgan fingerprint density at radius 3 is 2.79 bits per heavy atom. The normalized spacial score (nSPS) is 10.8. The van der Waals surface area contributed by atoms with Crippen molar-refractivity contribution in [1.29, 1.82) is 0 Å². The van der Waals surface area contributed by atoms with E-state index >= 15 is 0 Å². The van der Waals surface area contributed by atoms with Gasteiger partial charge in [0.25, 0.3) is 0 Å². The molecule has 0 aliphatic rings. The molecule has 33 heavy (non-hydrogen) atoms. The van der Waals surface area contributed by atoms with Crippen molar-refractivity contribution in [2.45, 2.75) is 25.7 Å². The third kappa shape index (κ3) is 7.87. The molecule has 2 aromatic heterocycles. The number of urea groups is 1. The van der Waals surface area contributed by atoms with E-state index in [0.29, 0.717) is 31.3 Å². The van der Waals surface area contributed by atoms with Crippen LogP contribution in [-0.2, 0) is 11.2 Å². The first-order valence-electron chi connectivity index (χ1n) is 11.0. The number of unbranched alkanes of at least 4 members (excludes halogenated alkanes) is 2. The van der Waals surface area contributed by atoms with Crippen molar-refractivity contribution in [3.63, 3.8) is 0 Å². The minimum atomic E-state index is -0.273. The summed E-state index contributed by atoms with van der Waals surface area (Å²) in [5.74, 6) is 0.212. The van der Waals surface area contributed by atoms with Gasteiger partial charge in [-0.25, -0.2) is 14.2 Å². The van der Waals surface area contributed by atoms with Gasteiger partial charge < -0.3 is 19.7 Å². The number of H-pyrrole nitrogens is 1. The Hall–Kier alpha value is -3.46. The van der Waals surface area contributed by atoms with Crippen molar-refractivity contribution in [2.75, 3.05) is 39.2 Å². The summed E-state index contributed by atoms with van der Waals surface area (Å²) in [7, 11) is 3.38. The van der Waals surface area contributed by atoms with E-state index in [1.165, 1.54) is 12.1 Å². The number of amides is 2. The van der Waals surface area contributed by atoms with Gasteiger partial charge in [-0.2, -0.15) is 5.10 Å². The molecule has 0 aliphatic carbocycles. The van der Waals surface area contributed by atoms with Crippen LogP contribution < -0.4 is 10.1 Å². The zero-order valence-electron chi connectivity index (χ0n) is 19.0. The minimum Gasteiger partial charge on any atom is -0.475 e. The van der Waals surface area contributed by atoms with E-state index in [1.54, 1.807) is 43.5 Å². The number of ether oxygens (including phenoxy) is 2. The molecule has 0 unspecified atom stereocenters. The number of carbonyl (C=O) groups is 1. The molecule has 0 saturated heterocycles. The fourth-order valence-corrected chi connectivity index (χ4v) is 3.22. The molecule has 176 valence electrons. The average Bonchev–Trinajstić information content (AvgIpc) is 3.29. The maximum atomic E-state index is 13.4. The van der Waals surface area contributed by atoms with Crippen molar-refractivity contribution < 1.29 is 18.7 Å². The number of anilines is 1. The van der Waals surface area contributed by atoms with Crippen LogP contribution in [0.25, 0.3) is 11.3 Å². The molecule has 9 heteroatoms. The van der Waals surface area contributed by atoms with Crippen LogP contribution in [0, 0.1) is 5.82 Å². The largest absolute Gasteiger partial charge is 0.475 e. The fourth-order valence-electron chi connectivity index (χ4n) is 3.22. The lowest BCUT2D eigenvalue weighted by Crippen LogP contribution is -2.32. The molecule has 2 N–H and O–H groups in total. The number of aromatic amines is 1. The van der Waals surface area contributed by atoms with Crippen molar-refractivity contribution in [3.05, 3.63) is 60.2 Å². The molecule has 0 bridgehead atoms. The summed E-state index contributed by atoms with van der Waals surface area (Å²) in [4.78, 5) is 18.2. The number of aromatic nitrogens is 3. The maximum absolute atomic E-state index is 13.4. The van der Waals surface area contributed by atoms with Gasteiger partial charge in [0.2, 0.25) is 5.88 Å². The summed E-state index contributed by atoms with van der Waals surface area (Å²) in [6, 6.07) is 11.6. The molecular formula is C24H30FN5O3. The highest BCUT2D eigenvalue weighted by Gasteiger charge is 2.09. The smallest absolute Gasteiger partial charge is 0.321 e. The highest BCUT2D eigenvalue weighted by atomic mass is 19.1. The van der Waals surface area contributed by atoms with Crippen LogP contribution in [0.1, 0.15) is 25.0 Å². The van der Waals surface area contributed by atoms with Crippen molar-refractivity contribution in [2.24, 2.45) is 0 Å². The van der Waals surface area contributed by atoms with E-state index in [4.69, 9.17) is 9.47 Å². The average molecular weight is 456 g/mol. The minimum absolute atomic E-state index is 0.182. The van der Waals surface area contributed by atoms with Crippen LogP contribution in [0.4, 0.5) is 14.9 Å². The Morgan fingerprint density at radius 1 is 1.15 bits per heavy atom. The predicted octanol–water partition coefficient (Wildman–Crippen LogP) is 4.51. The molecule has 0 aliphatic heterocycles. The number of methoxy groups -OCH3 is 1. The molecular weight excluding hydrogens is 425 g/mol. The van der Waals surface area contributed by atoms with Gasteiger partial charge in [-0.15, -0.1) is 0 Å². The van der Waals surface area contributed by atoms with E-state index in [2.05, 4.69) is 20.5 Å². The van der Waals surface area contributed by atoms with Crippen LogP contribution in [0.3, 0.4) is 0 Å². The monoisotopic (exact) mass is 455 g/mol. The Bertz CT molecular complexity index is 1010. The second-order valence-electron chi connectivity index (χ2n) is 7.68. The van der Waals surface area contributed by atoms with Crippen molar-refractivity contribution >= 4 is 11.7 Å². The van der Waals surface area contributed by atoms with Crippen LogP contribution in [-0.4, -0.2) is 60.0 Å². The molecule has 2 heterocycles. The quantitative estimate of drug-likeness (QED) is 0.392. The van der Waals surface area contributed by atoms with E-state index in [9.17, 15) is 9.18 Å². The molecule has 0 saturated carbocycles. The van der Waals surface area contributed by atoms with Gasteiger partial charge in [0.05, 0.1) is 24.2 Å². The number of hydrogen-bond donors (Lipinski definition) is 2. The highest BCUT2D eigenvalue weighted by molar-refractivity contribution is 5.88. The lowest BCUT2D eigenvalue weighted by molar-refractivity contribution is 0.144. The number of hydrogen-bond acceptors (Lipinski definition) is 5. The summed E-state index contributed by atoms with van der Waals surface area (Å²) in [6.07, 6.45) is 5.24. The SMILES string of the molecule is COCCOc1ccc(NC(=O)N(C)CCCCCc2cc(-c3cccc(F)c3)n[nH]2)cn1. The Balaban J connectivity index is 1.33. The topological polar surface area (TPSA) is 92.4 Å². The molecule has 0 atom stereocenters. The summed E-state index contributed by atoms with van der Waals surface area (Å²) in [6.45, 7) is 1.56. The lowest BCUT2D eigenvalue weighted by atomic mass is 10.1. The van der Waals surface area contributed by atoms with E-state index < -0.39 is 0 Å². The fraction of sp³-hybridized carbons (Fsp3) is 0.375.